The summed E-state index contributed by atoms with van der Waals surface area (Å²) in [5.74, 6) is 0. The lowest BCUT2D eigenvalue weighted by Crippen LogP contribution is -2.01. The van der Waals surface area contributed by atoms with Gasteiger partial charge in [-0.1, -0.05) is 18.2 Å². The van der Waals surface area contributed by atoms with Crippen LogP contribution in [0.2, 0.25) is 0 Å². The number of pyridine rings is 1. The highest BCUT2D eigenvalue weighted by atomic mass is 123. The van der Waals surface area contributed by atoms with E-state index in [4.69, 9.17) is 0 Å². The van der Waals surface area contributed by atoms with Crippen molar-refractivity contribution in [2.24, 2.45) is 0 Å². The van der Waals surface area contributed by atoms with E-state index in [-0.39, 0.29) is 0 Å². The molecule has 0 saturated heterocycles. The predicted octanol–water partition coefficient (Wildman–Crippen LogP) is 3.30. The van der Waals surface area contributed by atoms with Gasteiger partial charge in [-0.2, -0.15) is 0 Å². The third-order valence-corrected chi connectivity index (χ3v) is 2.70. The Kier molecular flexibility index (Phi) is 3.55. The van der Waals surface area contributed by atoms with Crippen molar-refractivity contribution in [1.29, 1.82) is 0 Å². The number of nitrogens with one attached hydrogen (secondary N) is 1. The van der Waals surface area contributed by atoms with Crippen molar-refractivity contribution in [3.63, 3.8) is 0 Å². The monoisotopic (exact) mass is 306 g/mol. The number of anilines is 1. The lowest BCUT2D eigenvalue weighted by molar-refractivity contribution is 1.04. The fraction of sp³-hybridized carbons (Fsp3) is 0.0833. The minimum atomic E-state index is 0.765. The van der Waals surface area contributed by atoms with E-state index in [1.807, 2.05) is 42.6 Å². The summed E-state index contributed by atoms with van der Waals surface area (Å²) in [6, 6.07) is 14.2. The Balaban J connectivity index is 1.99. The number of halogens is 1. The molecular formula is C12H11IN2. The Morgan fingerprint density at radius 1 is 1.13 bits per heavy atom. The molecule has 15 heavy (non-hydrogen) atoms. The summed E-state index contributed by atoms with van der Waals surface area (Å²) >= 11 is 2.29. The maximum atomic E-state index is 4.29. The van der Waals surface area contributed by atoms with Gasteiger partial charge in [0, 0.05) is 15.5 Å². The molecule has 0 bridgehead atoms. The molecular weight excluding hydrogens is 295 g/mol. The fourth-order valence-electron chi connectivity index (χ4n) is 1.29. The molecule has 2 nitrogen and oxygen atoms in total. The average molecular weight is 306 g/mol. The molecule has 0 saturated carbocycles. The Morgan fingerprint density at radius 2 is 1.93 bits per heavy atom. The van der Waals surface area contributed by atoms with Crippen LogP contribution in [0.4, 0.5) is 5.69 Å². The molecule has 1 N–H and O–H groups in total. The number of para-hydroxylation sites is 1. The van der Waals surface area contributed by atoms with Crippen LogP contribution in [0.25, 0.3) is 0 Å². The highest BCUT2D eigenvalue weighted by Crippen LogP contribution is 2.09. The Morgan fingerprint density at radius 3 is 2.67 bits per heavy atom. The molecule has 2 rings (SSSR count). The first-order valence-corrected chi connectivity index (χ1v) is 5.82. The normalized spacial score (nSPS) is 9.93. The first-order valence-electron chi connectivity index (χ1n) is 4.74. The van der Waals surface area contributed by atoms with E-state index in [1.54, 1.807) is 0 Å². The predicted molar refractivity (Wildman–Crippen MR) is 70.7 cm³/mol. The minimum Gasteiger partial charge on any atom is -0.379 e. The van der Waals surface area contributed by atoms with Crippen molar-refractivity contribution in [2.45, 2.75) is 6.54 Å². The summed E-state index contributed by atoms with van der Waals surface area (Å²) in [7, 11) is 0. The number of benzene rings is 1. The summed E-state index contributed by atoms with van der Waals surface area (Å²) in [5.41, 5.74) is 2.18. The van der Waals surface area contributed by atoms with Crippen LogP contribution in [-0.2, 0) is 6.54 Å². The van der Waals surface area contributed by atoms with E-state index in [0.29, 0.717) is 0 Å². The SMILES string of the molecule is [123I]c1ccnc(CNc2ccccc2)c1. The summed E-state index contributed by atoms with van der Waals surface area (Å²) < 4.78 is 1.22. The number of hydrogen-bond donors (Lipinski definition) is 1. The second-order valence-corrected chi connectivity index (χ2v) is 4.43. The molecule has 76 valence electrons. The van der Waals surface area contributed by atoms with Gasteiger partial charge < -0.3 is 5.32 Å². The Labute approximate surface area is 103 Å². The zero-order valence-corrected chi connectivity index (χ0v) is 10.3. The zero-order valence-electron chi connectivity index (χ0n) is 8.15. The average Bonchev–Trinajstić information content (AvgIpc) is 2.28. The van der Waals surface area contributed by atoms with Gasteiger partial charge in [-0.25, -0.2) is 0 Å². The smallest absolute Gasteiger partial charge is 0.0605 e. The van der Waals surface area contributed by atoms with Gasteiger partial charge in [-0.05, 0) is 46.9 Å². The first-order chi connectivity index (χ1) is 7.34. The highest BCUT2D eigenvalue weighted by Gasteiger charge is 1.95. The van der Waals surface area contributed by atoms with Crippen LogP contribution in [0, 0.1) is 3.57 Å². The van der Waals surface area contributed by atoms with Gasteiger partial charge in [0.2, 0.25) is 0 Å². The molecule has 0 fully saturated rings. The van der Waals surface area contributed by atoms with Crippen LogP contribution in [0.3, 0.4) is 0 Å². The van der Waals surface area contributed by atoms with E-state index >= 15 is 0 Å². The molecule has 0 spiro atoms. The first kappa shape index (κ1) is 10.4. The highest BCUT2D eigenvalue weighted by molar-refractivity contribution is 14.1. The van der Waals surface area contributed by atoms with Crippen molar-refractivity contribution < 1.29 is 0 Å². The van der Waals surface area contributed by atoms with Crippen LogP contribution in [0.1, 0.15) is 5.69 Å². The summed E-state index contributed by atoms with van der Waals surface area (Å²) in [6.07, 6.45) is 1.84. The maximum Gasteiger partial charge on any atom is 0.0605 e. The van der Waals surface area contributed by atoms with E-state index in [2.05, 4.69) is 39.0 Å². The van der Waals surface area contributed by atoms with E-state index in [1.165, 1.54) is 3.57 Å². The van der Waals surface area contributed by atoms with Crippen LogP contribution in [0.5, 0.6) is 0 Å². The molecule has 0 unspecified atom stereocenters. The molecule has 0 amide bonds. The number of nitrogens with zero attached hydrogens (tertiary/aromatic N) is 1. The quantitative estimate of drug-likeness (QED) is 0.880. The Bertz CT molecular complexity index is 429. The van der Waals surface area contributed by atoms with Gasteiger partial charge in [0.1, 0.15) is 0 Å². The topological polar surface area (TPSA) is 24.9 Å². The maximum absolute atomic E-state index is 4.29. The number of aromatic nitrogens is 1. The minimum absolute atomic E-state index is 0.765. The summed E-state index contributed by atoms with van der Waals surface area (Å²) in [6.45, 7) is 0.765. The van der Waals surface area contributed by atoms with Gasteiger partial charge in [0.05, 0.1) is 12.2 Å². The second-order valence-electron chi connectivity index (χ2n) is 3.18. The molecule has 0 radical (unpaired) electrons. The van der Waals surface area contributed by atoms with Crippen molar-refractivity contribution >= 4 is 28.3 Å². The standard InChI is InChI=1S/C12H11IN2/c13-10-6-7-14-12(8-10)9-15-11-4-2-1-3-5-11/h1-8,15H,9H2/i13-4. The van der Waals surface area contributed by atoms with Crippen LogP contribution < -0.4 is 5.32 Å². The largest absolute Gasteiger partial charge is 0.379 e. The Hall–Kier alpha value is -1.10. The van der Waals surface area contributed by atoms with Crippen molar-refractivity contribution in [1.82, 2.24) is 4.98 Å². The van der Waals surface area contributed by atoms with Crippen molar-refractivity contribution in [3.8, 4) is 0 Å². The van der Waals surface area contributed by atoms with Gasteiger partial charge in [-0.15, -0.1) is 0 Å². The molecule has 0 aliphatic heterocycles. The van der Waals surface area contributed by atoms with Gasteiger partial charge in [0.15, 0.2) is 0 Å². The van der Waals surface area contributed by atoms with Crippen LogP contribution >= 0.6 is 22.6 Å². The molecule has 1 aromatic carbocycles. The van der Waals surface area contributed by atoms with Crippen molar-refractivity contribution in [3.05, 3.63) is 57.9 Å². The van der Waals surface area contributed by atoms with Crippen LogP contribution in [0.15, 0.2) is 48.7 Å². The molecule has 1 heterocycles. The zero-order chi connectivity index (χ0) is 10.5. The van der Waals surface area contributed by atoms with E-state index in [9.17, 15) is 0 Å². The third kappa shape index (κ3) is 3.20. The van der Waals surface area contributed by atoms with Gasteiger partial charge in [-0.3, -0.25) is 4.98 Å². The molecule has 0 aliphatic carbocycles. The van der Waals surface area contributed by atoms with E-state index in [0.717, 1.165) is 17.9 Å². The van der Waals surface area contributed by atoms with Gasteiger partial charge >= 0.3 is 0 Å². The molecule has 0 atom stereocenters. The molecule has 2 aromatic rings. The molecule has 0 aliphatic rings. The fourth-order valence-corrected chi connectivity index (χ4v) is 1.81. The lowest BCUT2D eigenvalue weighted by atomic mass is 10.3. The summed E-state index contributed by atoms with van der Waals surface area (Å²) in [4.78, 5) is 4.29. The summed E-state index contributed by atoms with van der Waals surface area (Å²) in [5, 5.41) is 3.32. The number of rotatable bonds is 3. The third-order valence-electron chi connectivity index (χ3n) is 2.03. The molecule has 3 heteroatoms. The van der Waals surface area contributed by atoms with Crippen molar-refractivity contribution in [2.75, 3.05) is 5.32 Å². The molecule has 1 aromatic heterocycles. The van der Waals surface area contributed by atoms with E-state index < -0.39 is 0 Å². The second kappa shape index (κ2) is 5.11. The lowest BCUT2D eigenvalue weighted by Gasteiger charge is -2.05. The van der Waals surface area contributed by atoms with Gasteiger partial charge in [0.25, 0.3) is 0 Å². The number of hydrogen-bond acceptors (Lipinski definition) is 2. The van der Waals surface area contributed by atoms with Crippen LogP contribution in [-0.4, -0.2) is 4.98 Å².